The molecule has 8 nitrogen and oxygen atoms in total. The fourth-order valence-electron chi connectivity index (χ4n) is 2.94. The second kappa shape index (κ2) is 12.1. The normalized spacial score (nSPS) is 13.7. The van der Waals surface area contributed by atoms with E-state index in [9.17, 15) is 4.79 Å². The van der Waals surface area contributed by atoms with Crippen LogP contribution in [-0.2, 0) is 20.9 Å². The molecule has 1 fully saturated rings. The van der Waals surface area contributed by atoms with E-state index in [1.807, 2.05) is 36.1 Å². The maximum atomic E-state index is 12.3. The Morgan fingerprint density at radius 1 is 0.968 bits per heavy atom. The van der Waals surface area contributed by atoms with E-state index in [4.69, 9.17) is 24.5 Å². The molecule has 3 rings (SSSR count). The molecule has 1 amide bonds. The standard InChI is InChI=1S/C20H23BrN2O2.C2H2O4/c1-16-3-2-4-19(13-16)25-15-20(24)23-11-9-22(10-12-23)14-17-5-7-18(21)8-6-17;3-1(4)2(5)6/h2-8,13H,9-12,14-15H2,1H3;(H,3,4)(H,5,6). The molecule has 2 N–H and O–H groups in total. The van der Waals surface area contributed by atoms with E-state index in [0.29, 0.717) is 0 Å². The number of piperazine rings is 1. The third-order valence-electron chi connectivity index (χ3n) is 4.58. The van der Waals surface area contributed by atoms with Gasteiger partial charge in [0.2, 0.25) is 0 Å². The smallest absolute Gasteiger partial charge is 0.414 e. The van der Waals surface area contributed by atoms with Crippen molar-refractivity contribution in [1.29, 1.82) is 0 Å². The molecule has 2 aromatic carbocycles. The molecule has 0 aliphatic carbocycles. The summed E-state index contributed by atoms with van der Waals surface area (Å²) in [6, 6.07) is 16.2. The number of benzene rings is 2. The van der Waals surface area contributed by atoms with Crippen LogP contribution in [0.2, 0.25) is 0 Å². The zero-order valence-corrected chi connectivity index (χ0v) is 18.7. The third-order valence-corrected chi connectivity index (χ3v) is 5.11. The highest BCUT2D eigenvalue weighted by molar-refractivity contribution is 9.10. The molecule has 0 unspecified atom stereocenters. The van der Waals surface area contributed by atoms with Crippen LogP contribution in [0.3, 0.4) is 0 Å². The highest BCUT2D eigenvalue weighted by Crippen LogP contribution is 2.15. The average molecular weight is 493 g/mol. The highest BCUT2D eigenvalue weighted by Gasteiger charge is 2.21. The van der Waals surface area contributed by atoms with Crippen molar-refractivity contribution >= 4 is 33.8 Å². The SMILES string of the molecule is Cc1cccc(OCC(=O)N2CCN(Cc3ccc(Br)cc3)CC2)c1.O=C(O)C(=O)O. The Morgan fingerprint density at radius 2 is 1.58 bits per heavy atom. The summed E-state index contributed by atoms with van der Waals surface area (Å²) in [6.45, 7) is 6.35. The molecule has 166 valence electrons. The zero-order valence-electron chi connectivity index (χ0n) is 17.2. The number of hydrogen-bond acceptors (Lipinski definition) is 5. The van der Waals surface area contributed by atoms with E-state index in [1.54, 1.807) is 0 Å². The van der Waals surface area contributed by atoms with Crippen LogP contribution in [-0.4, -0.2) is 70.6 Å². The van der Waals surface area contributed by atoms with Gasteiger partial charge in [0.25, 0.3) is 5.91 Å². The van der Waals surface area contributed by atoms with E-state index in [2.05, 4.69) is 45.1 Å². The Morgan fingerprint density at radius 3 is 2.13 bits per heavy atom. The van der Waals surface area contributed by atoms with Crippen molar-refractivity contribution < 1.29 is 29.3 Å². The lowest BCUT2D eigenvalue weighted by Crippen LogP contribution is -2.49. The van der Waals surface area contributed by atoms with Crippen molar-refractivity contribution in [3.63, 3.8) is 0 Å². The van der Waals surface area contributed by atoms with Gasteiger partial charge in [-0.05, 0) is 42.3 Å². The quantitative estimate of drug-likeness (QED) is 0.617. The van der Waals surface area contributed by atoms with Gasteiger partial charge in [0.15, 0.2) is 6.61 Å². The Balaban J connectivity index is 0.000000501. The monoisotopic (exact) mass is 492 g/mol. The average Bonchev–Trinajstić information content (AvgIpc) is 2.74. The molecular formula is C22H25BrN2O6. The maximum absolute atomic E-state index is 12.3. The van der Waals surface area contributed by atoms with Crippen LogP contribution in [0.4, 0.5) is 0 Å². The van der Waals surface area contributed by atoms with Crippen LogP contribution < -0.4 is 4.74 Å². The van der Waals surface area contributed by atoms with Crippen molar-refractivity contribution in [2.75, 3.05) is 32.8 Å². The molecule has 31 heavy (non-hydrogen) atoms. The first-order valence-electron chi connectivity index (χ1n) is 9.65. The number of amides is 1. The molecule has 0 aromatic heterocycles. The topological polar surface area (TPSA) is 107 Å². The number of halogens is 1. The summed E-state index contributed by atoms with van der Waals surface area (Å²) < 4.78 is 6.72. The summed E-state index contributed by atoms with van der Waals surface area (Å²) in [5, 5.41) is 14.8. The van der Waals surface area contributed by atoms with E-state index in [0.717, 1.165) is 48.5 Å². The van der Waals surface area contributed by atoms with Crippen molar-refractivity contribution in [3.8, 4) is 5.75 Å². The maximum Gasteiger partial charge on any atom is 0.414 e. The predicted molar refractivity (Wildman–Crippen MR) is 118 cm³/mol. The summed E-state index contributed by atoms with van der Waals surface area (Å²) in [5.41, 5.74) is 2.43. The number of aryl methyl sites for hydroxylation is 1. The van der Waals surface area contributed by atoms with Gasteiger partial charge >= 0.3 is 11.9 Å². The summed E-state index contributed by atoms with van der Waals surface area (Å²) in [7, 11) is 0. The van der Waals surface area contributed by atoms with Gasteiger partial charge in [0, 0.05) is 37.2 Å². The number of aliphatic carboxylic acids is 2. The Kier molecular flexibility index (Phi) is 9.48. The van der Waals surface area contributed by atoms with Gasteiger partial charge in [-0.2, -0.15) is 0 Å². The van der Waals surface area contributed by atoms with Gasteiger partial charge in [-0.1, -0.05) is 40.2 Å². The largest absolute Gasteiger partial charge is 0.484 e. The first kappa shape index (κ1) is 24.4. The molecule has 2 aromatic rings. The predicted octanol–water partition coefficient (Wildman–Crippen LogP) is 2.64. The van der Waals surface area contributed by atoms with Crippen LogP contribution in [0.5, 0.6) is 5.75 Å². The fraction of sp³-hybridized carbons (Fsp3) is 0.318. The minimum Gasteiger partial charge on any atom is -0.484 e. The minimum atomic E-state index is -1.82. The molecule has 0 radical (unpaired) electrons. The van der Waals surface area contributed by atoms with E-state index < -0.39 is 11.9 Å². The number of nitrogens with zero attached hydrogens (tertiary/aromatic N) is 2. The Hall–Kier alpha value is -2.91. The first-order chi connectivity index (χ1) is 14.7. The molecule has 0 saturated carbocycles. The second-order valence-corrected chi connectivity index (χ2v) is 7.91. The lowest BCUT2D eigenvalue weighted by molar-refractivity contribution is -0.159. The van der Waals surface area contributed by atoms with E-state index in [1.165, 1.54) is 5.56 Å². The molecular weight excluding hydrogens is 468 g/mol. The number of ether oxygens (including phenoxy) is 1. The van der Waals surface area contributed by atoms with Crippen LogP contribution in [0.25, 0.3) is 0 Å². The number of carbonyl (C=O) groups is 3. The summed E-state index contributed by atoms with van der Waals surface area (Å²) >= 11 is 3.46. The number of carboxylic acid groups (broad SMARTS) is 2. The lowest BCUT2D eigenvalue weighted by Gasteiger charge is -2.34. The molecule has 1 heterocycles. The first-order valence-corrected chi connectivity index (χ1v) is 10.4. The zero-order chi connectivity index (χ0) is 22.8. The van der Waals surface area contributed by atoms with Crippen LogP contribution in [0, 0.1) is 6.92 Å². The van der Waals surface area contributed by atoms with Crippen molar-refractivity contribution in [1.82, 2.24) is 9.80 Å². The summed E-state index contributed by atoms with van der Waals surface area (Å²) in [4.78, 5) is 34.8. The molecule has 1 aliphatic heterocycles. The van der Waals surface area contributed by atoms with Gasteiger partial charge in [0.05, 0.1) is 0 Å². The van der Waals surface area contributed by atoms with E-state index >= 15 is 0 Å². The number of rotatable bonds is 5. The van der Waals surface area contributed by atoms with Crippen LogP contribution in [0.15, 0.2) is 53.0 Å². The second-order valence-electron chi connectivity index (χ2n) is 7.00. The molecule has 1 aliphatic rings. The third kappa shape index (κ3) is 8.77. The Labute approximate surface area is 189 Å². The highest BCUT2D eigenvalue weighted by atomic mass is 79.9. The summed E-state index contributed by atoms with van der Waals surface area (Å²) in [5.74, 6) is -2.84. The van der Waals surface area contributed by atoms with E-state index in [-0.39, 0.29) is 12.5 Å². The van der Waals surface area contributed by atoms with Gasteiger partial charge in [-0.25, -0.2) is 9.59 Å². The molecule has 9 heteroatoms. The minimum absolute atomic E-state index is 0.0600. The van der Waals surface area contributed by atoms with Crippen LogP contribution in [0.1, 0.15) is 11.1 Å². The summed E-state index contributed by atoms with van der Waals surface area (Å²) in [6.07, 6.45) is 0. The Bertz CT molecular complexity index is 883. The van der Waals surface area contributed by atoms with Gasteiger partial charge in [-0.15, -0.1) is 0 Å². The molecule has 0 bridgehead atoms. The van der Waals surface area contributed by atoms with Crippen LogP contribution >= 0.6 is 15.9 Å². The fourth-order valence-corrected chi connectivity index (χ4v) is 3.21. The molecule has 0 spiro atoms. The van der Waals surface area contributed by atoms with Gasteiger partial charge in [0.1, 0.15) is 5.75 Å². The van der Waals surface area contributed by atoms with Gasteiger partial charge in [-0.3, -0.25) is 9.69 Å². The van der Waals surface area contributed by atoms with Crippen molar-refractivity contribution in [2.45, 2.75) is 13.5 Å². The number of carbonyl (C=O) groups excluding carboxylic acids is 1. The molecule has 1 saturated heterocycles. The number of hydrogen-bond donors (Lipinski definition) is 2. The van der Waals surface area contributed by atoms with Crippen molar-refractivity contribution in [2.24, 2.45) is 0 Å². The molecule has 0 atom stereocenters. The van der Waals surface area contributed by atoms with Gasteiger partial charge < -0.3 is 19.8 Å². The van der Waals surface area contributed by atoms with Crippen molar-refractivity contribution in [3.05, 3.63) is 64.1 Å². The lowest BCUT2D eigenvalue weighted by atomic mass is 10.2. The number of carboxylic acids is 2.